The molecule has 0 amide bonds. The summed E-state index contributed by atoms with van der Waals surface area (Å²) in [5, 5.41) is 56.9. The fourth-order valence-corrected chi connectivity index (χ4v) is 1.44. The van der Waals surface area contributed by atoms with Gasteiger partial charge in [-0.15, -0.1) is 0 Å². The van der Waals surface area contributed by atoms with Crippen LogP contribution in [-0.4, -0.2) is 96.4 Å². The Labute approximate surface area is 207 Å². The average molecular weight is 552 g/mol. The Morgan fingerprint density at radius 1 is 0.531 bits per heavy atom. The number of carbonyl (C=O) groups is 4. The second kappa shape index (κ2) is 40.1. The van der Waals surface area contributed by atoms with Crippen molar-refractivity contribution in [2.75, 3.05) is 52.5 Å². The first kappa shape index (κ1) is 63.2. The molecule has 0 saturated heterocycles. The monoisotopic (exact) mass is 552 g/mol. The number of aliphatic carboxylic acids is 4. The van der Waals surface area contributed by atoms with Gasteiger partial charge >= 0.3 is 0 Å². The first-order valence-electron chi connectivity index (χ1n) is 6.58. The molecule has 2 radical (unpaired) electrons. The molecule has 0 aromatic rings. The van der Waals surface area contributed by atoms with Crippen LogP contribution in [0.25, 0.3) is 0 Å². The molecule has 0 bridgehead atoms. The quantitative estimate of drug-likeness (QED) is 0.175. The number of carbonyl (C=O) groups excluding carboxylic acids is 4. The van der Waals surface area contributed by atoms with Gasteiger partial charge in [0.1, 0.15) is 0 Å². The molecule has 0 unspecified atom stereocenters. The number of aliphatic hydroxyl groups excluding tert-OH is 2. The van der Waals surface area contributed by atoms with E-state index >= 15 is 0 Å². The van der Waals surface area contributed by atoms with E-state index in [2.05, 4.69) is 0 Å². The van der Waals surface area contributed by atoms with Gasteiger partial charge in [0.15, 0.2) is 0 Å². The number of carboxylic acids is 4. The first-order valence-corrected chi connectivity index (χ1v) is 6.58. The molecule has 20 heteroatoms. The van der Waals surface area contributed by atoms with E-state index in [-0.39, 0.29) is 97.6 Å². The van der Waals surface area contributed by atoms with Gasteiger partial charge in [0.05, 0.1) is 37.1 Å². The van der Waals surface area contributed by atoms with Crippen molar-refractivity contribution >= 4 is 23.9 Å². The van der Waals surface area contributed by atoms with Crippen molar-refractivity contribution in [3.05, 3.63) is 0 Å². The van der Waals surface area contributed by atoms with Crippen molar-refractivity contribution in [3.8, 4) is 0 Å². The van der Waals surface area contributed by atoms with E-state index in [1.807, 2.05) is 0 Å². The Balaban J connectivity index is -0.0000000302. The summed E-state index contributed by atoms with van der Waals surface area (Å²) in [4.78, 5) is 42.1. The zero-order valence-electron chi connectivity index (χ0n) is 17.2. The zero-order valence-corrected chi connectivity index (χ0v) is 20.0. The van der Waals surface area contributed by atoms with Crippen LogP contribution in [0.4, 0.5) is 0 Å². The molecule has 18 nitrogen and oxygen atoms in total. The maximum Gasteiger partial charge on any atom is 0.0558 e. The summed E-state index contributed by atoms with van der Waals surface area (Å²) in [5.41, 5.74) is 0. The summed E-state index contributed by atoms with van der Waals surface area (Å²) in [6.45, 7) is -2.74. The molecule has 0 heterocycles. The van der Waals surface area contributed by atoms with Crippen LogP contribution < -0.4 is 32.7 Å². The minimum atomic E-state index is -1.38. The SMILES string of the molecule is O=C([O-])CN(CCO)CC(=O)[O-].O=C([O-])CN(CCO)CC(=O)[O-].[NH4+].[NH4+].[O-2].[O-2].[O-2].[O-2].[V].[V]. The van der Waals surface area contributed by atoms with E-state index in [1.165, 1.54) is 0 Å². The number of nitrogens with zero attached hydrogens (tertiary/aromatic N) is 2. The van der Waals surface area contributed by atoms with Crippen molar-refractivity contribution in [2.45, 2.75) is 0 Å². The van der Waals surface area contributed by atoms with Gasteiger partial charge in [-0.2, -0.15) is 0 Å². The molecule has 0 aliphatic carbocycles. The second-order valence-electron chi connectivity index (χ2n) is 4.36. The van der Waals surface area contributed by atoms with Crippen molar-refractivity contribution in [1.82, 2.24) is 22.1 Å². The predicted octanol–water partition coefficient (Wildman–Crippen LogP) is -8.17. The topological polar surface area (TPSA) is 394 Å². The second-order valence-corrected chi connectivity index (χ2v) is 4.36. The third-order valence-electron chi connectivity index (χ3n) is 2.24. The van der Waals surface area contributed by atoms with Gasteiger partial charge in [0.2, 0.25) is 0 Å². The van der Waals surface area contributed by atoms with Crippen LogP contribution in [0.3, 0.4) is 0 Å². The Hall–Kier alpha value is -1.35. The predicted molar refractivity (Wildman–Crippen MR) is 81.8 cm³/mol. The third-order valence-corrected chi connectivity index (χ3v) is 2.24. The van der Waals surface area contributed by atoms with Crippen LogP contribution in [0.1, 0.15) is 0 Å². The molecule has 0 rings (SSSR count). The Bertz CT molecular complexity index is 367. The van der Waals surface area contributed by atoms with Crippen molar-refractivity contribution in [2.24, 2.45) is 0 Å². The molecule has 0 spiro atoms. The van der Waals surface area contributed by atoms with E-state index < -0.39 is 50.1 Å². The molecule has 0 aromatic carbocycles. The summed E-state index contributed by atoms with van der Waals surface area (Å²) >= 11 is 0. The largest absolute Gasteiger partial charge is 2.00 e. The number of quaternary nitrogens is 2. The maximum absolute atomic E-state index is 10.0. The average Bonchev–Trinajstić information content (AvgIpc) is 2.36. The van der Waals surface area contributed by atoms with Crippen molar-refractivity contribution < 1.29 is 109 Å². The first-order chi connectivity index (χ1) is 11.1. The van der Waals surface area contributed by atoms with Crippen LogP contribution >= 0.6 is 0 Å². The van der Waals surface area contributed by atoms with E-state index in [0.717, 1.165) is 9.80 Å². The Kier molecular flexibility index (Phi) is 79.1. The molecule has 0 saturated carbocycles. The van der Waals surface area contributed by atoms with Crippen LogP contribution in [0.2, 0.25) is 0 Å². The number of hydrogen-bond donors (Lipinski definition) is 4. The molecular formula is C12H26N4O14V2-10. The van der Waals surface area contributed by atoms with Gasteiger partial charge in [-0.1, -0.05) is 0 Å². The Morgan fingerprint density at radius 3 is 0.781 bits per heavy atom. The summed E-state index contributed by atoms with van der Waals surface area (Å²) in [7, 11) is 0. The number of hydrogen-bond acceptors (Lipinski definition) is 12. The fourth-order valence-electron chi connectivity index (χ4n) is 1.44. The molecule has 0 aromatic heterocycles. The molecule has 10 N–H and O–H groups in total. The number of rotatable bonds is 12. The Morgan fingerprint density at radius 2 is 0.688 bits per heavy atom. The molecule has 0 aliphatic heterocycles. The third kappa shape index (κ3) is 51.4. The summed E-state index contributed by atoms with van der Waals surface area (Å²) in [6, 6.07) is 0. The summed E-state index contributed by atoms with van der Waals surface area (Å²) in [6.07, 6.45) is 0. The molecule has 198 valence electrons. The molecular weight excluding hydrogens is 526 g/mol. The minimum Gasteiger partial charge on any atom is -2.00 e. The molecule has 0 fully saturated rings. The number of aliphatic hydroxyl groups is 2. The van der Waals surface area contributed by atoms with Gasteiger partial charge in [-0.25, -0.2) is 0 Å². The van der Waals surface area contributed by atoms with Crippen molar-refractivity contribution in [3.63, 3.8) is 0 Å². The van der Waals surface area contributed by atoms with Gasteiger partial charge < -0.3 is 84.0 Å². The van der Waals surface area contributed by atoms with E-state index in [9.17, 15) is 39.6 Å². The van der Waals surface area contributed by atoms with Gasteiger partial charge in [0, 0.05) is 76.4 Å². The van der Waals surface area contributed by atoms with Crippen molar-refractivity contribution in [1.29, 1.82) is 0 Å². The van der Waals surface area contributed by atoms with Crippen LogP contribution in [0.15, 0.2) is 0 Å². The zero-order chi connectivity index (χ0) is 19.1. The summed E-state index contributed by atoms with van der Waals surface area (Å²) < 4.78 is 0. The summed E-state index contributed by atoms with van der Waals surface area (Å²) in [5.74, 6) is -5.54. The molecule has 0 atom stereocenters. The van der Waals surface area contributed by atoms with Crippen LogP contribution in [0, 0.1) is 0 Å². The van der Waals surface area contributed by atoms with Gasteiger partial charge in [-0.3, -0.25) is 9.80 Å². The van der Waals surface area contributed by atoms with Crippen LogP contribution in [-0.2, 0) is 78.2 Å². The smallest absolute Gasteiger partial charge is 0.0558 e. The van der Waals surface area contributed by atoms with Gasteiger partial charge in [-0.05, 0) is 0 Å². The van der Waals surface area contributed by atoms with Gasteiger partial charge in [0.25, 0.3) is 0 Å². The van der Waals surface area contributed by atoms with Crippen LogP contribution in [0.5, 0.6) is 0 Å². The molecule has 0 aliphatic rings. The standard InChI is InChI=1S/2C6H11NO5.2H3N.4O.2V/c2*8-2-1-7(3-5(9)10)4-6(11)12;;;;;;;;/h2*8H,1-4H2,(H,9,10)(H,11,12);2*1H3;;;;;;/q;;;;4*-2;;/p-2. The number of carboxylic acid groups (broad SMARTS) is 4. The van der Waals surface area contributed by atoms with E-state index in [0.29, 0.717) is 0 Å². The van der Waals surface area contributed by atoms with E-state index in [4.69, 9.17) is 10.2 Å². The normalized spacial score (nSPS) is 7.62. The van der Waals surface area contributed by atoms with E-state index in [1.54, 1.807) is 0 Å². The minimum absolute atomic E-state index is 0. The fraction of sp³-hybridized carbons (Fsp3) is 0.667. The maximum atomic E-state index is 10.0. The molecule has 32 heavy (non-hydrogen) atoms.